The molecule has 0 heterocycles. The van der Waals surface area contributed by atoms with Gasteiger partial charge in [0.05, 0.1) is 0 Å². The zero-order chi connectivity index (χ0) is 11.0. The number of nitrogens with two attached hydrogens (primary N) is 1. The van der Waals surface area contributed by atoms with Crippen LogP contribution in [0.4, 0.5) is 0 Å². The Morgan fingerprint density at radius 1 is 1.43 bits per heavy atom. The van der Waals surface area contributed by atoms with Crippen molar-refractivity contribution >= 4 is 17.6 Å². The predicted molar refractivity (Wildman–Crippen MR) is 57.5 cm³/mol. The van der Waals surface area contributed by atoms with Crippen LogP contribution in [0.3, 0.4) is 0 Å². The molecule has 0 fully saturated rings. The fraction of sp³-hybridized carbons (Fsp3) is 0.300. The molecule has 1 aromatic carbocycles. The molecular formula is C10H14ClNO2. The van der Waals surface area contributed by atoms with Gasteiger partial charge in [0.25, 0.3) is 0 Å². The Labute approximate surface area is 88.5 Å². The Bertz CT molecular complexity index is 264. The molecule has 1 aromatic rings. The van der Waals surface area contributed by atoms with Crippen molar-refractivity contribution in [2.24, 2.45) is 5.73 Å². The summed E-state index contributed by atoms with van der Waals surface area (Å²) >= 11 is 4.64. The molecule has 0 aliphatic carbocycles. The summed E-state index contributed by atoms with van der Waals surface area (Å²) in [6.07, 6.45) is 1.86. The molecule has 3 nitrogen and oxygen atoms in total. The first kappa shape index (κ1) is 12.9. The number of hydrogen-bond acceptors (Lipinski definition) is 2. The summed E-state index contributed by atoms with van der Waals surface area (Å²) < 4.78 is 0. The number of benzene rings is 1. The van der Waals surface area contributed by atoms with Crippen LogP contribution in [0.15, 0.2) is 30.3 Å². The molecule has 0 aliphatic rings. The van der Waals surface area contributed by atoms with E-state index in [2.05, 4.69) is 11.6 Å². The van der Waals surface area contributed by atoms with Crippen LogP contribution >= 0.6 is 11.6 Å². The first-order valence-electron chi connectivity index (χ1n) is 4.10. The van der Waals surface area contributed by atoms with Gasteiger partial charge in [-0.25, -0.2) is 0 Å². The van der Waals surface area contributed by atoms with Crippen LogP contribution in [-0.4, -0.2) is 23.5 Å². The maximum Gasteiger partial charge on any atom is 0.320 e. The van der Waals surface area contributed by atoms with Crippen molar-refractivity contribution in [3.05, 3.63) is 35.9 Å². The zero-order valence-corrected chi connectivity index (χ0v) is 8.74. The van der Waals surface area contributed by atoms with E-state index < -0.39 is 12.0 Å². The van der Waals surface area contributed by atoms with Crippen LogP contribution < -0.4 is 5.73 Å². The Balaban J connectivity index is 0.000000791. The van der Waals surface area contributed by atoms with Gasteiger partial charge >= 0.3 is 5.97 Å². The Morgan fingerprint density at radius 3 is 2.36 bits per heavy atom. The molecule has 14 heavy (non-hydrogen) atoms. The van der Waals surface area contributed by atoms with Crippen molar-refractivity contribution in [3.8, 4) is 0 Å². The first-order valence-corrected chi connectivity index (χ1v) is 4.86. The second-order valence-corrected chi connectivity index (χ2v) is 2.63. The molecular weight excluding hydrogens is 202 g/mol. The normalized spacial score (nSPS) is 11.1. The number of aliphatic carboxylic acids is 1. The van der Waals surface area contributed by atoms with Gasteiger partial charge in [0.2, 0.25) is 0 Å². The summed E-state index contributed by atoms with van der Waals surface area (Å²) in [5.74, 6) is -0.959. The Morgan fingerprint density at radius 2 is 1.93 bits per heavy atom. The molecule has 0 aliphatic heterocycles. The second-order valence-electron chi connectivity index (χ2n) is 2.63. The topological polar surface area (TPSA) is 63.3 Å². The monoisotopic (exact) mass is 215 g/mol. The number of hydrogen-bond donors (Lipinski definition) is 2. The maximum atomic E-state index is 10.4. The fourth-order valence-electron chi connectivity index (χ4n) is 0.955. The van der Waals surface area contributed by atoms with Gasteiger partial charge in [0.1, 0.15) is 6.04 Å². The number of carbonyl (C=O) groups is 1. The van der Waals surface area contributed by atoms with Crippen LogP contribution in [0.25, 0.3) is 0 Å². The summed E-state index contributed by atoms with van der Waals surface area (Å²) in [4.78, 5) is 10.4. The van der Waals surface area contributed by atoms with E-state index in [1.165, 1.54) is 6.38 Å². The summed E-state index contributed by atoms with van der Waals surface area (Å²) in [7, 11) is 0. The van der Waals surface area contributed by atoms with Crippen LogP contribution in [-0.2, 0) is 11.2 Å². The molecule has 78 valence electrons. The number of rotatable bonds is 3. The number of alkyl halides is 1. The molecule has 3 N–H and O–H groups in total. The highest BCUT2D eigenvalue weighted by Gasteiger charge is 2.10. The number of halogens is 1. The van der Waals surface area contributed by atoms with Crippen LogP contribution in [0.2, 0.25) is 0 Å². The molecule has 0 radical (unpaired) electrons. The summed E-state index contributed by atoms with van der Waals surface area (Å²) in [5, 5.41) is 8.52. The molecule has 0 aromatic heterocycles. The van der Waals surface area contributed by atoms with E-state index in [9.17, 15) is 4.79 Å². The van der Waals surface area contributed by atoms with Gasteiger partial charge in [-0.2, -0.15) is 0 Å². The lowest BCUT2D eigenvalue weighted by atomic mass is 10.1. The Hall–Kier alpha value is -1.06. The summed E-state index contributed by atoms with van der Waals surface area (Å²) in [6, 6.07) is 8.54. The minimum Gasteiger partial charge on any atom is -0.480 e. The molecule has 4 heteroatoms. The highest BCUT2D eigenvalue weighted by Crippen LogP contribution is 2.01. The fourth-order valence-corrected chi connectivity index (χ4v) is 0.955. The van der Waals surface area contributed by atoms with Gasteiger partial charge in [-0.15, -0.1) is 11.6 Å². The van der Waals surface area contributed by atoms with E-state index in [1.54, 1.807) is 0 Å². The zero-order valence-electron chi connectivity index (χ0n) is 7.98. The number of carboxylic acid groups (broad SMARTS) is 1. The van der Waals surface area contributed by atoms with Gasteiger partial charge in [-0.05, 0) is 12.0 Å². The minimum atomic E-state index is -0.959. The third kappa shape index (κ3) is 4.84. The highest BCUT2D eigenvalue weighted by atomic mass is 35.5. The standard InChI is InChI=1S/C9H11NO2.CH3Cl/c10-8(9(11)12)6-7-4-2-1-3-5-7;1-2/h1-5,8H,6,10H2,(H,11,12);1H3/t8-;/m1./s1. The van der Waals surface area contributed by atoms with Crippen molar-refractivity contribution in [2.75, 3.05) is 6.38 Å². The van der Waals surface area contributed by atoms with Gasteiger partial charge in [0.15, 0.2) is 0 Å². The molecule has 1 atom stereocenters. The van der Waals surface area contributed by atoms with Gasteiger partial charge in [-0.1, -0.05) is 30.3 Å². The molecule has 0 saturated carbocycles. The lowest BCUT2D eigenvalue weighted by Gasteiger charge is -2.04. The average molecular weight is 216 g/mol. The lowest BCUT2D eigenvalue weighted by molar-refractivity contribution is -0.138. The lowest BCUT2D eigenvalue weighted by Crippen LogP contribution is -2.32. The Kier molecular flexibility index (Phi) is 6.80. The van der Waals surface area contributed by atoms with E-state index in [-0.39, 0.29) is 0 Å². The smallest absolute Gasteiger partial charge is 0.320 e. The van der Waals surface area contributed by atoms with Crippen LogP contribution in [0.1, 0.15) is 5.56 Å². The van der Waals surface area contributed by atoms with E-state index in [4.69, 9.17) is 10.8 Å². The van der Waals surface area contributed by atoms with Crippen LogP contribution in [0, 0.1) is 0 Å². The molecule has 0 unspecified atom stereocenters. The molecule has 0 saturated heterocycles. The van der Waals surface area contributed by atoms with Crippen molar-refractivity contribution in [3.63, 3.8) is 0 Å². The van der Waals surface area contributed by atoms with Crippen molar-refractivity contribution in [1.82, 2.24) is 0 Å². The van der Waals surface area contributed by atoms with E-state index >= 15 is 0 Å². The summed E-state index contributed by atoms with van der Waals surface area (Å²) in [5.41, 5.74) is 6.30. The maximum absolute atomic E-state index is 10.4. The molecule has 0 spiro atoms. The van der Waals surface area contributed by atoms with Crippen molar-refractivity contribution in [2.45, 2.75) is 12.5 Å². The quantitative estimate of drug-likeness (QED) is 0.752. The molecule has 0 bridgehead atoms. The molecule has 1 rings (SSSR count). The third-order valence-corrected chi connectivity index (χ3v) is 1.62. The third-order valence-electron chi connectivity index (χ3n) is 1.62. The first-order chi connectivity index (χ1) is 6.70. The van der Waals surface area contributed by atoms with Gasteiger partial charge in [0, 0.05) is 6.38 Å². The van der Waals surface area contributed by atoms with Crippen molar-refractivity contribution < 1.29 is 9.90 Å². The largest absolute Gasteiger partial charge is 0.480 e. The predicted octanol–water partition coefficient (Wildman–Crippen LogP) is 1.50. The van der Waals surface area contributed by atoms with E-state index in [0.29, 0.717) is 6.42 Å². The number of carboxylic acids is 1. The second kappa shape index (κ2) is 7.35. The van der Waals surface area contributed by atoms with Crippen molar-refractivity contribution in [1.29, 1.82) is 0 Å². The van der Waals surface area contributed by atoms with Gasteiger partial charge < -0.3 is 10.8 Å². The van der Waals surface area contributed by atoms with E-state index in [1.807, 2.05) is 30.3 Å². The summed E-state index contributed by atoms with van der Waals surface area (Å²) in [6.45, 7) is 0. The highest BCUT2D eigenvalue weighted by molar-refractivity contribution is 6.15. The molecule has 0 amide bonds. The minimum absolute atomic E-state index is 0.385. The average Bonchev–Trinajstić information content (AvgIpc) is 2.22. The van der Waals surface area contributed by atoms with Crippen LogP contribution in [0.5, 0.6) is 0 Å². The van der Waals surface area contributed by atoms with E-state index in [0.717, 1.165) is 5.56 Å². The van der Waals surface area contributed by atoms with Gasteiger partial charge in [-0.3, -0.25) is 4.79 Å². The SMILES string of the molecule is CCl.N[C@H](Cc1ccccc1)C(=O)O.